The van der Waals surface area contributed by atoms with Crippen molar-refractivity contribution in [3.05, 3.63) is 82.4 Å². The summed E-state index contributed by atoms with van der Waals surface area (Å²) in [6.07, 6.45) is 1.66. The molecule has 224 valence electrons. The fourth-order valence-corrected chi connectivity index (χ4v) is 4.76. The van der Waals surface area contributed by atoms with Gasteiger partial charge < -0.3 is 18.9 Å². The number of aromatic nitrogens is 1. The van der Waals surface area contributed by atoms with Crippen molar-refractivity contribution < 1.29 is 38.1 Å². The molecule has 2 aromatic carbocycles. The van der Waals surface area contributed by atoms with E-state index in [9.17, 15) is 19.2 Å². The van der Waals surface area contributed by atoms with Crippen molar-refractivity contribution >= 4 is 40.9 Å². The van der Waals surface area contributed by atoms with E-state index in [-0.39, 0.29) is 25.1 Å². The third-order valence-corrected chi connectivity index (χ3v) is 7.15. The second kappa shape index (κ2) is 14.0. The Labute approximate surface area is 253 Å². The van der Waals surface area contributed by atoms with Gasteiger partial charge in [-0.2, -0.15) is 0 Å². The summed E-state index contributed by atoms with van der Waals surface area (Å²) in [7, 11) is 0. The number of hydrogen-bond donors (Lipinski definition) is 1. The van der Waals surface area contributed by atoms with E-state index in [0.717, 1.165) is 39.7 Å². The lowest BCUT2D eigenvalue weighted by atomic mass is 9.94. The Kier molecular flexibility index (Phi) is 10.2. The number of esters is 2. The Morgan fingerprint density at radius 2 is 1.63 bits per heavy atom. The lowest BCUT2D eigenvalue weighted by Crippen LogP contribution is -2.36. The molecule has 0 saturated carbocycles. The van der Waals surface area contributed by atoms with Crippen LogP contribution >= 0.6 is 11.8 Å². The summed E-state index contributed by atoms with van der Waals surface area (Å²) in [4.78, 5) is 50.7. The maximum Gasteiger partial charge on any atom is 0.302 e. The Morgan fingerprint density at radius 1 is 0.930 bits per heavy atom. The molecular weight excluding hydrogens is 572 g/mol. The van der Waals surface area contributed by atoms with Gasteiger partial charge in [0.25, 0.3) is 11.1 Å². The Bertz CT molecular complexity index is 1530. The number of ether oxygens (including phenoxy) is 4. The third-order valence-electron chi connectivity index (χ3n) is 6.34. The zero-order valence-corrected chi connectivity index (χ0v) is 25.1. The third kappa shape index (κ3) is 9.17. The van der Waals surface area contributed by atoms with Gasteiger partial charge in [0.15, 0.2) is 0 Å². The Hall–Kier alpha value is -4.64. The number of aryl methyl sites for hydroxylation is 1. The molecule has 1 fully saturated rings. The smallest absolute Gasteiger partial charge is 0.302 e. The highest BCUT2D eigenvalue weighted by molar-refractivity contribution is 8.18. The van der Waals surface area contributed by atoms with Gasteiger partial charge in [-0.05, 0) is 72.6 Å². The van der Waals surface area contributed by atoms with Crippen LogP contribution in [-0.4, -0.2) is 47.9 Å². The van der Waals surface area contributed by atoms with Crippen LogP contribution in [0, 0.1) is 12.3 Å². The van der Waals surface area contributed by atoms with Crippen molar-refractivity contribution in [1.82, 2.24) is 10.3 Å². The minimum Gasteiger partial charge on any atom is -0.489 e. The predicted octanol–water partition coefficient (Wildman–Crippen LogP) is 5.47. The number of thioether (sulfide) groups is 1. The van der Waals surface area contributed by atoms with Crippen molar-refractivity contribution in [2.75, 3.05) is 19.8 Å². The van der Waals surface area contributed by atoms with Gasteiger partial charge in [-0.1, -0.05) is 30.3 Å². The number of carbonyl (C=O) groups excluding carboxylic acids is 4. The number of hydrogen-bond acceptors (Lipinski definition) is 10. The highest BCUT2D eigenvalue weighted by atomic mass is 32.2. The van der Waals surface area contributed by atoms with E-state index < -0.39 is 23.3 Å². The number of imide groups is 1. The first-order valence-corrected chi connectivity index (χ1v) is 14.3. The Balaban J connectivity index is 1.37. The van der Waals surface area contributed by atoms with Gasteiger partial charge >= 0.3 is 11.9 Å². The highest BCUT2D eigenvalue weighted by Gasteiger charge is 2.29. The van der Waals surface area contributed by atoms with Crippen LogP contribution in [0.1, 0.15) is 37.6 Å². The van der Waals surface area contributed by atoms with E-state index in [4.69, 9.17) is 18.9 Å². The second-order valence-corrected chi connectivity index (χ2v) is 11.4. The Morgan fingerprint density at radius 3 is 2.23 bits per heavy atom. The summed E-state index contributed by atoms with van der Waals surface area (Å²) in [5, 5.41) is 1.87. The monoisotopic (exact) mass is 604 g/mol. The van der Waals surface area contributed by atoms with E-state index in [1.54, 1.807) is 19.1 Å². The van der Waals surface area contributed by atoms with Gasteiger partial charge in [0.1, 0.15) is 32.2 Å². The number of nitrogens with zero attached hydrogens (tertiary/aromatic N) is 1. The van der Waals surface area contributed by atoms with E-state index in [1.165, 1.54) is 13.8 Å². The van der Waals surface area contributed by atoms with Gasteiger partial charge in [-0.3, -0.25) is 24.5 Å². The van der Waals surface area contributed by atoms with E-state index in [1.807, 2.05) is 61.5 Å². The molecule has 0 spiro atoms. The van der Waals surface area contributed by atoms with Crippen LogP contribution in [0.4, 0.5) is 4.79 Å². The first kappa shape index (κ1) is 31.3. The van der Waals surface area contributed by atoms with Crippen LogP contribution in [0.25, 0.3) is 17.2 Å². The average Bonchev–Trinajstić information content (AvgIpc) is 3.29. The molecule has 0 unspecified atom stereocenters. The molecule has 1 N–H and O–H groups in total. The maximum atomic E-state index is 11.7. The molecule has 3 aromatic rings. The molecule has 43 heavy (non-hydrogen) atoms. The molecule has 10 nitrogen and oxygen atoms in total. The molecule has 0 aliphatic carbocycles. The minimum atomic E-state index is -0.747. The largest absolute Gasteiger partial charge is 0.489 e. The number of benzene rings is 2. The van der Waals surface area contributed by atoms with Crippen molar-refractivity contribution in [3.63, 3.8) is 0 Å². The molecule has 0 bridgehead atoms. The molecule has 0 radical (unpaired) electrons. The van der Waals surface area contributed by atoms with Crippen LogP contribution in [0.5, 0.6) is 11.6 Å². The van der Waals surface area contributed by atoms with Crippen molar-refractivity contribution in [3.8, 4) is 22.8 Å². The molecule has 4 rings (SSSR count). The predicted molar refractivity (Wildman–Crippen MR) is 161 cm³/mol. The molecule has 1 aliphatic heterocycles. The van der Waals surface area contributed by atoms with E-state index >= 15 is 0 Å². The van der Waals surface area contributed by atoms with Crippen molar-refractivity contribution in [2.45, 2.75) is 34.3 Å². The van der Waals surface area contributed by atoms with E-state index in [2.05, 4.69) is 10.3 Å². The van der Waals surface area contributed by atoms with Crippen molar-refractivity contribution in [2.24, 2.45) is 5.41 Å². The number of nitrogens with one attached hydrogen (secondary N) is 1. The summed E-state index contributed by atoms with van der Waals surface area (Å²) in [6.45, 7) is 6.86. The maximum absolute atomic E-state index is 11.7. The molecule has 1 aromatic heterocycles. The van der Waals surface area contributed by atoms with E-state index in [0.29, 0.717) is 23.1 Å². The quantitative estimate of drug-likeness (QED) is 0.210. The topological polar surface area (TPSA) is 130 Å². The number of rotatable bonds is 12. The van der Waals surface area contributed by atoms with Crippen LogP contribution in [-0.2, 0) is 30.5 Å². The molecule has 11 heteroatoms. The fourth-order valence-electron chi connectivity index (χ4n) is 4.08. The first-order chi connectivity index (χ1) is 20.5. The lowest BCUT2D eigenvalue weighted by molar-refractivity contribution is -0.152. The van der Waals surface area contributed by atoms with Crippen LogP contribution in [0.15, 0.2) is 65.6 Å². The standard InChI is InChI=1S/C32H32N2O8S/c1-20-27(12-13-29(33-20)42-19-32(4,17-40-21(2)35)18-41-22(3)36)25-7-5-6-24(14-25)16-39-26-10-8-23(9-11-26)15-28-30(37)34-31(38)43-28/h5-15H,16-19H2,1-4H3,(H,34,37,38)/b28-15-. The normalized spacial score (nSPS) is 13.9. The average molecular weight is 605 g/mol. The minimum absolute atomic E-state index is 0.0315. The lowest BCUT2D eigenvalue weighted by Gasteiger charge is -2.28. The molecule has 2 amide bonds. The second-order valence-electron chi connectivity index (χ2n) is 10.4. The number of carbonyl (C=O) groups is 4. The van der Waals surface area contributed by atoms with Gasteiger partial charge in [-0.15, -0.1) is 0 Å². The van der Waals surface area contributed by atoms with Crippen LogP contribution < -0.4 is 14.8 Å². The van der Waals surface area contributed by atoms with Crippen molar-refractivity contribution in [1.29, 1.82) is 0 Å². The fraction of sp³-hybridized carbons (Fsp3) is 0.281. The van der Waals surface area contributed by atoms with Crippen LogP contribution in [0.3, 0.4) is 0 Å². The zero-order valence-electron chi connectivity index (χ0n) is 24.3. The number of amides is 2. The molecule has 1 aliphatic rings. The van der Waals surface area contributed by atoms with Gasteiger partial charge in [0.05, 0.1) is 10.3 Å². The SMILES string of the molecule is CC(=O)OCC(C)(COC(C)=O)COc1ccc(-c2cccc(COc3ccc(/C=C4\SC(=O)NC4=O)cc3)c2)c(C)n1. The zero-order chi connectivity index (χ0) is 31.0. The van der Waals surface area contributed by atoms with Gasteiger partial charge in [0.2, 0.25) is 5.88 Å². The summed E-state index contributed by atoms with van der Waals surface area (Å²) < 4.78 is 22.2. The first-order valence-electron chi connectivity index (χ1n) is 13.4. The summed E-state index contributed by atoms with van der Waals surface area (Å²) in [5.41, 5.74) is 3.67. The molecule has 0 atom stereocenters. The summed E-state index contributed by atoms with van der Waals surface area (Å²) in [6, 6.07) is 18.9. The van der Waals surface area contributed by atoms with Gasteiger partial charge in [-0.25, -0.2) is 4.98 Å². The summed E-state index contributed by atoms with van der Waals surface area (Å²) >= 11 is 0.879. The molecule has 1 saturated heterocycles. The molecular formula is C32H32N2O8S. The van der Waals surface area contributed by atoms with Crippen LogP contribution in [0.2, 0.25) is 0 Å². The molecule has 2 heterocycles. The summed E-state index contributed by atoms with van der Waals surface area (Å²) in [5.74, 6) is -0.184. The highest BCUT2D eigenvalue weighted by Crippen LogP contribution is 2.28. The number of pyridine rings is 1. The van der Waals surface area contributed by atoms with Gasteiger partial charge in [0, 0.05) is 31.2 Å².